The number of benzene rings is 3. The number of nitrogens with zero attached hydrogens (tertiary/aromatic N) is 2. The van der Waals surface area contributed by atoms with Crippen LogP contribution in [0, 0.1) is 0 Å². The number of fused-ring (bicyclic) bond motifs is 1. The Morgan fingerprint density at radius 3 is 2.64 bits per heavy atom. The first-order chi connectivity index (χ1) is 16.1. The van der Waals surface area contributed by atoms with Crippen LogP contribution < -0.4 is 10.1 Å². The molecule has 0 spiro atoms. The molecule has 0 aliphatic carbocycles. The highest BCUT2D eigenvalue weighted by molar-refractivity contribution is 9.10. The predicted octanol–water partition coefficient (Wildman–Crippen LogP) is 5.22. The smallest absolute Gasteiger partial charge is 0.268 e. The van der Waals surface area contributed by atoms with E-state index in [9.17, 15) is 4.79 Å². The lowest BCUT2D eigenvalue weighted by Gasteiger charge is -2.06. The minimum atomic E-state index is -0.223. The van der Waals surface area contributed by atoms with Crippen LogP contribution in [0.1, 0.15) is 21.9 Å². The molecule has 8 heteroatoms. The maximum Gasteiger partial charge on any atom is 0.268 e. The molecule has 0 saturated heterocycles. The van der Waals surface area contributed by atoms with E-state index in [4.69, 9.17) is 4.74 Å². The molecule has 7 nitrogen and oxygen atoms in total. The largest absolute Gasteiger partial charge is 0.489 e. The van der Waals surface area contributed by atoms with E-state index in [-0.39, 0.29) is 12.5 Å². The summed E-state index contributed by atoms with van der Waals surface area (Å²) in [5, 5.41) is 10.9. The van der Waals surface area contributed by atoms with E-state index < -0.39 is 0 Å². The van der Waals surface area contributed by atoms with Crippen molar-refractivity contribution in [2.45, 2.75) is 13.2 Å². The van der Waals surface area contributed by atoms with Gasteiger partial charge in [0, 0.05) is 27.0 Å². The molecule has 3 N–H and O–H groups in total. The van der Waals surface area contributed by atoms with Crippen LogP contribution in [0.4, 0.5) is 0 Å². The van der Waals surface area contributed by atoms with E-state index in [0.29, 0.717) is 23.9 Å². The molecular weight excluding hydrogens is 482 g/mol. The summed E-state index contributed by atoms with van der Waals surface area (Å²) < 4.78 is 6.87. The number of hydrogen-bond acceptors (Lipinski definition) is 4. The molecule has 0 unspecified atom stereocenters. The number of amides is 1. The Morgan fingerprint density at radius 2 is 1.82 bits per heavy atom. The van der Waals surface area contributed by atoms with Gasteiger partial charge >= 0.3 is 0 Å². The van der Waals surface area contributed by atoms with Gasteiger partial charge in [-0.05, 0) is 35.9 Å². The fourth-order valence-corrected chi connectivity index (χ4v) is 3.69. The van der Waals surface area contributed by atoms with Crippen LogP contribution in [-0.4, -0.2) is 26.1 Å². The third kappa shape index (κ3) is 4.96. The van der Waals surface area contributed by atoms with E-state index in [1.54, 1.807) is 0 Å². The summed E-state index contributed by atoms with van der Waals surface area (Å²) in [4.78, 5) is 20.3. The minimum Gasteiger partial charge on any atom is -0.489 e. The van der Waals surface area contributed by atoms with Gasteiger partial charge in [0.15, 0.2) is 5.82 Å². The summed E-state index contributed by atoms with van der Waals surface area (Å²) in [6.07, 6.45) is 0. The highest BCUT2D eigenvalue weighted by Gasteiger charge is 2.12. The third-order valence-corrected chi connectivity index (χ3v) is 5.67. The molecule has 33 heavy (non-hydrogen) atoms. The van der Waals surface area contributed by atoms with Gasteiger partial charge in [-0.15, -0.1) is 0 Å². The second kappa shape index (κ2) is 9.30. The molecule has 2 heterocycles. The molecule has 0 aliphatic heterocycles. The lowest BCUT2D eigenvalue weighted by atomic mass is 10.2. The summed E-state index contributed by atoms with van der Waals surface area (Å²) in [5.74, 6) is 1.68. The van der Waals surface area contributed by atoms with Crippen LogP contribution in [0.3, 0.4) is 0 Å². The van der Waals surface area contributed by atoms with Crippen molar-refractivity contribution in [2.75, 3.05) is 0 Å². The second-order valence-corrected chi connectivity index (χ2v) is 8.42. The lowest BCUT2D eigenvalue weighted by molar-refractivity contribution is 0.0945. The lowest BCUT2D eigenvalue weighted by Crippen LogP contribution is -2.23. The summed E-state index contributed by atoms with van der Waals surface area (Å²) in [7, 11) is 0. The highest BCUT2D eigenvalue weighted by Crippen LogP contribution is 2.23. The summed E-state index contributed by atoms with van der Waals surface area (Å²) in [5.41, 5.74) is 3.30. The molecule has 2 aromatic heterocycles. The van der Waals surface area contributed by atoms with Crippen molar-refractivity contribution in [3.8, 4) is 17.1 Å². The molecule has 0 radical (unpaired) electrons. The van der Waals surface area contributed by atoms with E-state index in [0.717, 1.165) is 32.3 Å². The Balaban J connectivity index is 1.22. The fourth-order valence-electron chi connectivity index (χ4n) is 3.42. The van der Waals surface area contributed by atoms with Crippen molar-refractivity contribution < 1.29 is 9.53 Å². The van der Waals surface area contributed by atoms with Crippen LogP contribution in [-0.2, 0) is 13.2 Å². The Labute approximate surface area is 198 Å². The number of nitrogens with one attached hydrogen (secondary N) is 3. The molecule has 0 aliphatic rings. The number of rotatable bonds is 7. The topological polar surface area (TPSA) is 95.7 Å². The predicted molar refractivity (Wildman–Crippen MR) is 130 cm³/mol. The zero-order valence-corrected chi connectivity index (χ0v) is 19.1. The highest BCUT2D eigenvalue weighted by atomic mass is 79.9. The molecule has 0 atom stereocenters. The SMILES string of the molecule is O=C(NCc1nc(-c2ccc(Br)cc2)n[nH]1)c1cc2ccc(OCc3ccccc3)cc2[nH]1. The fraction of sp³-hybridized carbons (Fsp3) is 0.0800. The number of aromatic amines is 2. The molecule has 1 amide bonds. The average molecular weight is 502 g/mol. The van der Waals surface area contributed by atoms with Gasteiger partial charge in [0.2, 0.25) is 0 Å². The van der Waals surface area contributed by atoms with E-state index in [1.165, 1.54) is 0 Å². The number of hydrogen-bond donors (Lipinski definition) is 3. The summed E-state index contributed by atoms with van der Waals surface area (Å²) in [6, 6.07) is 25.3. The average Bonchev–Trinajstić information content (AvgIpc) is 3.49. The van der Waals surface area contributed by atoms with Gasteiger partial charge in [0.1, 0.15) is 23.9 Å². The van der Waals surface area contributed by atoms with Gasteiger partial charge in [0.05, 0.1) is 6.54 Å². The first-order valence-electron chi connectivity index (χ1n) is 10.4. The monoisotopic (exact) mass is 501 g/mol. The van der Waals surface area contributed by atoms with Crippen LogP contribution in [0.5, 0.6) is 5.75 Å². The maximum atomic E-state index is 12.7. The minimum absolute atomic E-state index is 0.223. The summed E-state index contributed by atoms with van der Waals surface area (Å²) in [6.45, 7) is 0.725. The molecule has 0 bridgehead atoms. The van der Waals surface area contributed by atoms with Gasteiger partial charge in [0.25, 0.3) is 5.91 Å². The van der Waals surface area contributed by atoms with Crippen molar-refractivity contribution in [3.05, 3.63) is 100 Å². The first kappa shape index (κ1) is 21.0. The number of ether oxygens (including phenoxy) is 1. The number of halogens is 1. The van der Waals surface area contributed by atoms with Crippen LogP contribution >= 0.6 is 15.9 Å². The van der Waals surface area contributed by atoms with Gasteiger partial charge in [-0.1, -0.05) is 58.4 Å². The Bertz CT molecular complexity index is 1390. The van der Waals surface area contributed by atoms with Gasteiger partial charge in [-0.25, -0.2) is 4.98 Å². The van der Waals surface area contributed by atoms with Gasteiger partial charge < -0.3 is 15.0 Å². The van der Waals surface area contributed by atoms with Crippen LogP contribution in [0.2, 0.25) is 0 Å². The standard InChI is InChI=1S/C25H20BrN5O2/c26-19-9-6-17(7-10-19)24-29-23(30-31-24)14-27-25(32)22-12-18-8-11-20(13-21(18)28-22)33-15-16-4-2-1-3-5-16/h1-13,28H,14-15H2,(H,27,32)(H,29,30,31). The van der Waals surface area contributed by atoms with Crippen LogP contribution in [0.15, 0.2) is 83.3 Å². The zero-order chi connectivity index (χ0) is 22.6. The number of H-pyrrole nitrogens is 2. The van der Waals surface area contributed by atoms with Crippen molar-refractivity contribution in [1.82, 2.24) is 25.5 Å². The first-order valence-corrected chi connectivity index (χ1v) is 11.2. The van der Waals surface area contributed by atoms with Crippen molar-refractivity contribution in [1.29, 1.82) is 0 Å². The van der Waals surface area contributed by atoms with Crippen molar-refractivity contribution in [2.24, 2.45) is 0 Å². The maximum absolute atomic E-state index is 12.7. The van der Waals surface area contributed by atoms with E-state index >= 15 is 0 Å². The molecule has 0 saturated carbocycles. The third-order valence-electron chi connectivity index (χ3n) is 5.14. The van der Waals surface area contributed by atoms with Crippen molar-refractivity contribution in [3.63, 3.8) is 0 Å². The summed E-state index contributed by atoms with van der Waals surface area (Å²) >= 11 is 3.41. The van der Waals surface area contributed by atoms with Gasteiger partial charge in [-0.3, -0.25) is 9.89 Å². The van der Waals surface area contributed by atoms with Gasteiger partial charge in [-0.2, -0.15) is 5.10 Å². The molecule has 164 valence electrons. The molecular formula is C25H20BrN5O2. The number of carbonyl (C=O) groups excluding carboxylic acids is 1. The normalized spacial score (nSPS) is 10.9. The second-order valence-electron chi connectivity index (χ2n) is 7.50. The Kier molecular flexibility index (Phi) is 5.91. The molecule has 0 fully saturated rings. The molecule has 5 aromatic rings. The molecule has 3 aromatic carbocycles. The molecule has 5 rings (SSSR count). The zero-order valence-electron chi connectivity index (χ0n) is 17.5. The van der Waals surface area contributed by atoms with E-state index in [1.807, 2.05) is 78.9 Å². The van der Waals surface area contributed by atoms with E-state index in [2.05, 4.69) is 41.4 Å². The number of aromatic nitrogens is 4. The van der Waals surface area contributed by atoms with Crippen molar-refractivity contribution >= 4 is 32.7 Å². The Hall–Kier alpha value is -3.91. The quantitative estimate of drug-likeness (QED) is 0.284. The number of carbonyl (C=O) groups is 1. The Morgan fingerprint density at radius 1 is 1.00 bits per heavy atom. The van der Waals surface area contributed by atoms with Crippen LogP contribution in [0.25, 0.3) is 22.3 Å².